The molecule has 1 aromatic heterocycles. The number of fused-ring (bicyclic) bond motifs is 2. The SMILES string of the molecule is Cc1ccc(C(=O)N2Cc3ccn(C)c3Cc3ccccc32)cc1F. The number of hydrogen-bond acceptors (Lipinski definition) is 1. The van der Waals surface area contributed by atoms with E-state index in [9.17, 15) is 9.18 Å². The summed E-state index contributed by atoms with van der Waals surface area (Å²) in [5.74, 6) is -0.530. The number of aryl methyl sites for hydroxylation is 2. The van der Waals surface area contributed by atoms with E-state index in [4.69, 9.17) is 0 Å². The fourth-order valence-corrected chi connectivity index (χ4v) is 3.42. The minimum absolute atomic E-state index is 0.178. The van der Waals surface area contributed by atoms with Gasteiger partial charge in [-0.05, 0) is 47.9 Å². The Hall–Kier alpha value is -2.88. The lowest BCUT2D eigenvalue weighted by Crippen LogP contribution is -2.30. The summed E-state index contributed by atoms with van der Waals surface area (Å²) in [7, 11) is 2.02. The monoisotopic (exact) mass is 334 g/mol. The van der Waals surface area contributed by atoms with Gasteiger partial charge in [0.15, 0.2) is 0 Å². The number of aromatic nitrogens is 1. The molecule has 0 atom stereocenters. The number of hydrogen-bond donors (Lipinski definition) is 0. The number of anilines is 1. The number of benzene rings is 2. The van der Waals surface area contributed by atoms with Crippen LogP contribution in [-0.2, 0) is 20.0 Å². The quantitative estimate of drug-likeness (QED) is 0.654. The van der Waals surface area contributed by atoms with Crippen molar-refractivity contribution >= 4 is 11.6 Å². The largest absolute Gasteiger partial charge is 0.354 e. The van der Waals surface area contributed by atoms with Gasteiger partial charge in [0, 0.05) is 36.6 Å². The molecule has 1 aliphatic heterocycles. The molecule has 3 nitrogen and oxygen atoms in total. The van der Waals surface area contributed by atoms with E-state index in [0.29, 0.717) is 17.7 Å². The zero-order chi connectivity index (χ0) is 17.6. The minimum atomic E-state index is -0.352. The smallest absolute Gasteiger partial charge is 0.258 e. The van der Waals surface area contributed by atoms with Crippen LogP contribution in [0.3, 0.4) is 0 Å². The summed E-state index contributed by atoms with van der Waals surface area (Å²) < 4.78 is 16.1. The molecule has 0 bridgehead atoms. The number of nitrogens with zero attached hydrogens (tertiary/aromatic N) is 2. The fraction of sp³-hybridized carbons (Fsp3) is 0.190. The van der Waals surface area contributed by atoms with Crippen molar-refractivity contribution in [1.82, 2.24) is 4.57 Å². The Morgan fingerprint density at radius 1 is 1.08 bits per heavy atom. The Kier molecular flexibility index (Phi) is 3.68. The van der Waals surface area contributed by atoms with E-state index in [0.717, 1.165) is 23.2 Å². The molecular formula is C21H19FN2O. The van der Waals surface area contributed by atoms with Gasteiger partial charge in [-0.3, -0.25) is 4.79 Å². The van der Waals surface area contributed by atoms with E-state index in [1.165, 1.54) is 11.8 Å². The molecule has 2 aromatic carbocycles. The van der Waals surface area contributed by atoms with Gasteiger partial charge in [-0.25, -0.2) is 4.39 Å². The number of para-hydroxylation sites is 1. The first-order valence-electron chi connectivity index (χ1n) is 8.33. The second-order valence-electron chi connectivity index (χ2n) is 6.56. The van der Waals surface area contributed by atoms with Crippen molar-refractivity contribution in [3.05, 3.63) is 88.5 Å². The van der Waals surface area contributed by atoms with Crippen molar-refractivity contribution in [1.29, 1.82) is 0 Å². The van der Waals surface area contributed by atoms with E-state index in [2.05, 4.69) is 10.6 Å². The molecule has 1 amide bonds. The van der Waals surface area contributed by atoms with E-state index in [1.807, 2.05) is 37.5 Å². The fourth-order valence-electron chi connectivity index (χ4n) is 3.42. The molecule has 0 saturated carbocycles. The molecule has 0 spiro atoms. The highest BCUT2D eigenvalue weighted by Crippen LogP contribution is 2.32. The molecule has 2 heterocycles. The van der Waals surface area contributed by atoms with Gasteiger partial charge in [-0.15, -0.1) is 0 Å². The van der Waals surface area contributed by atoms with Crippen LogP contribution in [-0.4, -0.2) is 10.5 Å². The van der Waals surface area contributed by atoms with E-state index in [1.54, 1.807) is 24.0 Å². The molecule has 0 unspecified atom stereocenters. The van der Waals surface area contributed by atoms with Crippen LogP contribution in [0.25, 0.3) is 0 Å². The molecule has 4 heteroatoms. The summed E-state index contributed by atoms with van der Waals surface area (Å²) in [5, 5.41) is 0. The Morgan fingerprint density at radius 3 is 2.68 bits per heavy atom. The van der Waals surface area contributed by atoms with E-state index >= 15 is 0 Å². The number of carbonyl (C=O) groups is 1. The number of amides is 1. The van der Waals surface area contributed by atoms with Gasteiger partial charge < -0.3 is 9.47 Å². The minimum Gasteiger partial charge on any atom is -0.354 e. The molecule has 4 rings (SSSR count). The molecule has 0 aliphatic carbocycles. The summed E-state index contributed by atoms with van der Waals surface area (Å²) >= 11 is 0. The Morgan fingerprint density at radius 2 is 1.88 bits per heavy atom. The second-order valence-corrected chi connectivity index (χ2v) is 6.56. The number of halogens is 1. The Labute approximate surface area is 146 Å². The van der Waals surface area contributed by atoms with Crippen LogP contribution >= 0.6 is 0 Å². The number of carbonyl (C=O) groups excluding carboxylic acids is 1. The van der Waals surface area contributed by atoms with Crippen LogP contribution in [0.2, 0.25) is 0 Å². The average Bonchev–Trinajstić information content (AvgIpc) is 2.86. The summed E-state index contributed by atoms with van der Waals surface area (Å²) in [4.78, 5) is 14.9. The van der Waals surface area contributed by atoms with E-state index < -0.39 is 0 Å². The molecule has 0 fully saturated rings. The van der Waals surface area contributed by atoms with Crippen molar-refractivity contribution < 1.29 is 9.18 Å². The molecule has 25 heavy (non-hydrogen) atoms. The molecule has 0 saturated heterocycles. The van der Waals surface area contributed by atoms with Gasteiger partial charge in [0.25, 0.3) is 5.91 Å². The highest BCUT2D eigenvalue weighted by Gasteiger charge is 2.26. The first-order chi connectivity index (χ1) is 12.0. The third-order valence-electron chi connectivity index (χ3n) is 4.93. The predicted octanol–water partition coefficient (Wildman–Crippen LogP) is 4.22. The lowest BCUT2D eigenvalue weighted by Gasteiger charge is -2.23. The third-order valence-corrected chi connectivity index (χ3v) is 4.93. The van der Waals surface area contributed by atoms with Crippen molar-refractivity contribution in [2.45, 2.75) is 19.9 Å². The van der Waals surface area contributed by atoms with Gasteiger partial charge in [0.2, 0.25) is 0 Å². The van der Waals surface area contributed by atoms with Crippen molar-refractivity contribution in [3.8, 4) is 0 Å². The van der Waals surface area contributed by atoms with Crippen molar-refractivity contribution in [2.75, 3.05) is 4.90 Å². The highest BCUT2D eigenvalue weighted by molar-refractivity contribution is 6.06. The van der Waals surface area contributed by atoms with Crippen LogP contribution < -0.4 is 4.90 Å². The van der Waals surface area contributed by atoms with Crippen molar-refractivity contribution in [3.63, 3.8) is 0 Å². The maximum Gasteiger partial charge on any atom is 0.258 e. The summed E-state index contributed by atoms with van der Waals surface area (Å²) in [6.07, 6.45) is 2.80. The normalized spacial score (nSPS) is 13.2. The van der Waals surface area contributed by atoms with Gasteiger partial charge >= 0.3 is 0 Å². The molecule has 126 valence electrons. The standard InChI is InChI=1S/C21H19FN2O/c1-14-7-8-16(11-18(14)22)21(25)24-13-17-9-10-23(2)20(17)12-15-5-3-4-6-19(15)24/h3-11H,12-13H2,1-2H3. The van der Waals surface area contributed by atoms with Gasteiger partial charge in [-0.2, -0.15) is 0 Å². The zero-order valence-corrected chi connectivity index (χ0v) is 14.3. The number of rotatable bonds is 1. The van der Waals surface area contributed by atoms with E-state index in [-0.39, 0.29) is 11.7 Å². The molecule has 3 aromatic rings. The van der Waals surface area contributed by atoms with Crippen LogP contribution in [0.1, 0.15) is 32.7 Å². The Bertz CT molecular complexity index is 974. The van der Waals surface area contributed by atoms with Crippen LogP contribution in [0.5, 0.6) is 0 Å². The molecule has 0 radical (unpaired) electrons. The molecular weight excluding hydrogens is 315 g/mol. The summed E-state index contributed by atoms with van der Waals surface area (Å²) in [6, 6.07) is 14.7. The first kappa shape index (κ1) is 15.6. The van der Waals surface area contributed by atoms with Gasteiger partial charge in [0.05, 0.1) is 6.54 Å². The maximum absolute atomic E-state index is 14.0. The maximum atomic E-state index is 14.0. The first-order valence-corrected chi connectivity index (χ1v) is 8.33. The lowest BCUT2D eigenvalue weighted by atomic mass is 10.1. The summed E-state index contributed by atoms with van der Waals surface area (Å²) in [5.41, 5.74) is 5.24. The van der Waals surface area contributed by atoms with Crippen molar-refractivity contribution in [2.24, 2.45) is 7.05 Å². The highest BCUT2D eigenvalue weighted by atomic mass is 19.1. The Balaban J connectivity index is 1.82. The van der Waals surface area contributed by atoms with Gasteiger partial charge in [-0.1, -0.05) is 24.3 Å². The predicted molar refractivity (Wildman–Crippen MR) is 96.3 cm³/mol. The molecule has 0 N–H and O–H groups in total. The summed E-state index contributed by atoms with van der Waals surface area (Å²) in [6.45, 7) is 2.18. The third kappa shape index (κ3) is 2.64. The topological polar surface area (TPSA) is 25.2 Å². The zero-order valence-electron chi connectivity index (χ0n) is 14.3. The second kappa shape index (κ2) is 5.88. The van der Waals surface area contributed by atoms with Crippen LogP contribution in [0, 0.1) is 12.7 Å². The average molecular weight is 334 g/mol. The van der Waals surface area contributed by atoms with Crippen LogP contribution in [0.4, 0.5) is 10.1 Å². The molecule has 1 aliphatic rings. The lowest BCUT2D eigenvalue weighted by molar-refractivity contribution is 0.0984. The van der Waals surface area contributed by atoms with Crippen LogP contribution in [0.15, 0.2) is 54.7 Å². The van der Waals surface area contributed by atoms with Gasteiger partial charge in [0.1, 0.15) is 5.82 Å².